The lowest BCUT2D eigenvalue weighted by molar-refractivity contribution is -0.117. The Hall–Kier alpha value is -3.47. The average molecular weight is 403 g/mol. The fraction of sp³-hybridized carbons (Fsp3) is 0.240. The SMILES string of the molecule is COc1cccc(NC(=O)[C@H]2CC2(c2cccc(OC)c2)c2cccc(OC)c2)c1. The van der Waals surface area contributed by atoms with Crippen molar-refractivity contribution in [3.63, 3.8) is 0 Å². The van der Waals surface area contributed by atoms with Crippen molar-refractivity contribution in [2.75, 3.05) is 26.6 Å². The zero-order valence-corrected chi connectivity index (χ0v) is 17.3. The van der Waals surface area contributed by atoms with Crippen LogP contribution in [0.1, 0.15) is 17.5 Å². The topological polar surface area (TPSA) is 56.8 Å². The van der Waals surface area contributed by atoms with Crippen molar-refractivity contribution in [2.45, 2.75) is 11.8 Å². The summed E-state index contributed by atoms with van der Waals surface area (Å²) in [6.07, 6.45) is 0.711. The van der Waals surface area contributed by atoms with Gasteiger partial charge in [-0.15, -0.1) is 0 Å². The molecule has 4 rings (SSSR count). The number of carbonyl (C=O) groups is 1. The number of anilines is 1. The Labute approximate surface area is 176 Å². The lowest BCUT2D eigenvalue weighted by atomic mass is 9.85. The molecule has 0 bridgehead atoms. The van der Waals surface area contributed by atoms with E-state index in [-0.39, 0.29) is 11.8 Å². The molecular formula is C25H25NO4. The lowest BCUT2D eigenvalue weighted by Gasteiger charge is -2.20. The minimum Gasteiger partial charge on any atom is -0.497 e. The van der Waals surface area contributed by atoms with Crippen molar-refractivity contribution in [1.82, 2.24) is 0 Å². The summed E-state index contributed by atoms with van der Waals surface area (Å²) in [4.78, 5) is 13.2. The van der Waals surface area contributed by atoms with E-state index in [1.165, 1.54) is 0 Å². The Balaban J connectivity index is 1.69. The van der Waals surface area contributed by atoms with Crippen LogP contribution in [0, 0.1) is 5.92 Å². The van der Waals surface area contributed by atoms with Gasteiger partial charge in [-0.3, -0.25) is 4.79 Å². The third-order valence-corrected chi connectivity index (χ3v) is 5.78. The molecule has 0 saturated heterocycles. The highest BCUT2D eigenvalue weighted by Gasteiger charge is 2.60. The van der Waals surface area contributed by atoms with Gasteiger partial charge in [-0.1, -0.05) is 30.3 Å². The van der Waals surface area contributed by atoms with E-state index in [0.29, 0.717) is 12.2 Å². The first-order valence-electron chi connectivity index (χ1n) is 9.84. The van der Waals surface area contributed by atoms with Gasteiger partial charge in [0.1, 0.15) is 17.2 Å². The summed E-state index contributed by atoms with van der Waals surface area (Å²) in [5.41, 5.74) is 2.41. The van der Waals surface area contributed by atoms with Gasteiger partial charge in [0.25, 0.3) is 0 Å². The van der Waals surface area contributed by atoms with Gasteiger partial charge in [0, 0.05) is 17.2 Å². The van der Waals surface area contributed by atoms with Crippen LogP contribution in [0.3, 0.4) is 0 Å². The molecule has 3 aromatic carbocycles. The summed E-state index contributed by atoms with van der Waals surface area (Å²) in [7, 11) is 4.91. The molecule has 1 aliphatic rings. The molecule has 30 heavy (non-hydrogen) atoms. The number of methoxy groups -OCH3 is 3. The van der Waals surface area contributed by atoms with E-state index in [1.807, 2.05) is 60.7 Å². The van der Waals surface area contributed by atoms with Crippen LogP contribution in [0.2, 0.25) is 0 Å². The fourth-order valence-electron chi connectivity index (χ4n) is 4.12. The molecule has 0 spiro atoms. The Bertz CT molecular complexity index is 1010. The third kappa shape index (κ3) is 3.59. The van der Waals surface area contributed by atoms with Crippen molar-refractivity contribution in [1.29, 1.82) is 0 Å². The van der Waals surface area contributed by atoms with Crippen molar-refractivity contribution in [3.8, 4) is 17.2 Å². The molecule has 0 aliphatic heterocycles. The van der Waals surface area contributed by atoms with Crippen LogP contribution in [0.5, 0.6) is 17.2 Å². The van der Waals surface area contributed by atoms with Gasteiger partial charge in [-0.05, 0) is 53.9 Å². The highest BCUT2D eigenvalue weighted by Crippen LogP contribution is 2.60. The van der Waals surface area contributed by atoms with Crippen LogP contribution >= 0.6 is 0 Å². The summed E-state index contributed by atoms with van der Waals surface area (Å²) in [6.45, 7) is 0. The van der Waals surface area contributed by atoms with Crippen molar-refractivity contribution in [3.05, 3.63) is 83.9 Å². The minimum absolute atomic E-state index is 0.0195. The highest BCUT2D eigenvalue weighted by atomic mass is 16.5. The monoisotopic (exact) mass is 403 g/mol. The normalized spacial score (nSPS) is 16.4. The van der Waals surface area contributed by atoms with Gasteiger partial charge in [0.15, 0.2) is 0 Å². The van der Waals surface area contributed by atoms with Gasteiger partial charge < -0.3 is 19.5 Å². The molecule has 3 aromatic rings. The molecule has 0 radical (unpaired) electrons. The predicted molar refractivity (Wildman–Crippen MR) is 116 cm³/mol. The minimum atomic E-state index is -0.425. The Morgan fingerprint density at radius 2 is 1.30 bits per heavy atom. The van der Waals surface area contributed by atoms with Crippen LogP contribution in [-0.4, -0.2) is 27.2 Å². The van der Waals surface area contributed by atoms with E-state index in [9.17, 15) is 4.79 Å². The molecule has 1 amide bonds. The number of rotatable bonds is 7. The summed E-state index contributed by atoms with van der Waals surface area (Å²) in [5, 5.41) is 3.05. The molecule has 0 heterocycles. The molecule has 1 atom stereocenters. The van der Waals surface area contributed by atoms with E-state index >= 15 is 0 Å². The average Bonchev–Trinajstić information content (AvgIpc) is 3.56. The lowest BCUT2D eigenvalue weighted by Crippen LogP contribution is -2.22. The number of carbonyl (C=O) groups excluding carboxylic acids is 1. The Morgan fingerprint density at radius 1 is 0.800 bits per heavy atom. The van der Waals surface area contributed by atoms with Gasteiger partial charge in [0.05, 0.1) is 27.2 Å². The van der Waals surface area contributed by atoms with Gasteiger partial charge >= 0.3 is 0 Å². The number of ether oxygens (including phenoxy) is 3. The summed E-state index contributed by atoms with van der Waals surface area (Å²) >= 11 is 0. The molecule has 5 heteroatoms. The summed E-state index contributed by atoms with van der Waals surface area (Å²) in [5.74, 6) is 2.02. The molecule has 1 N–H and O–H groups in total. The van der Waals surface area contributed by atoms with Gasteiger partial charge in [-0.25, -0.2) is 0 Å². The van der Waals surface area contributed by atoms with E-state index in [2.05, 4.69) is 17.4 Å². The van der Waals surface area contributed by atoms with E-state index in [0.717, 1.165) is 28.3 Å². The van der Waals surface area contributed by atoms with Gasteiger partial charge in [-0.2, -0.15) is 0 Å². The van der Waals surface area contributed by atoms with E-state index in [1.54, 1.807) is 21.3 Å². The number of benzene rings is 3. The predicted octanol–water partition coefficient (Wildman–Crippen LogP) is 4.66. The van der Waals surface area contributed by atoms with Crippen LogP contribution in [0.25, 0.3) is 0 Å². The molecule has 1 fully saturated rings. The molecule has 1 aliphatic carbocycles. The number of hydrogen-bond acceptors (Lipinski definition) is 4. The second kappa shape index (κ2) is 8.11. The Kier molecular flexibility index (Phi) is 5.36. The smallest absolute Gasteiger partial charge is 0.228 e. The standard InChI is InChI=1S/C25H25NO4/c1-28-20-10-4-7-17(13-20)25(18-8-5-11-21(14-18)29-2)16-23(25)24(27)26-19-9-6-12-22(15-19)30-3/h4-15,23H,16H2,1-3H3,(H,26,27)/t23-/m1/s1. The molecule has 0 aromatic heterocycles. The highest BCUT2D eigenvalue weighted by molar-refractivity contribution is 5.97. The second-order valence-electron chi connectivity index (χ2n) is 7.41. The zero-order chi connectivity index (χ0) is 21.1. The maximum absolute atomic E-state index is 13.2. The van der Waals surface area contributed by atoms with Crippen molar-refractivity contribution >= 4 is 11.6 Å². The molecule has 1 saturated carbocycles. The molecule has 5 nitrogen and oxygen atoms in total. The summed E-state index contributed by atoms with van der Waals surface area (Å²) < 4.78 is 16.1. The van der Waals surface area contributed by atoms with E-state index < -0.39 is 5.41 Å². The number of nitrogens with one attached hydrogen (secondary N) is 1. The first kappa shape index (κ1) is 19.8. The fourth-order valence-corrected chi connectivity index (χ4v) is 4.12. The zero-order valence-electron chi connectivity index (χ0n) is 17.3. The van der Waals surface area contributed by atoms with Crippen molar-refractivity contribution < 1.29 is 19.0 Å². The first-order valence-corrected chi connectivity index (χ1v) is 9.84. The van der Waals surface area contributed by atoms with Crippen LogP contribution < -0.4 is 19.5 Å². The van der Waals surface area contributed by atoms with Crippen molar-refractivity contribution in [2.24, 2.45) is 5.92 Å². The number of amides is 1. The second-order valence-corrected chi connectivity index (χ2v) is 7.41. The van der Waals surface area contributed by atoms with Crippen LogP contribution in [0.15, 0.2) is 72.8 Å². The molecular weight excluding hydrogens is 378 g/mol. The summed E-state index contributed by atoms with van der Waals surface area (Å²) in [6, 6.07) is 23.3. The maximum atomic E-state index is 13.2. The Morgan fingerprint density at radius 3 is 1.83 bits per heavy atom. The largest absolute Gasteiger partial charge is 0.497 e. The molecule has 154 valence electrons. The van der Waals surface area contributed by atoms with Gasteiger partial charge in [0.2, 0.25) is 5.91 Å². The van der Waals surface area contributed by atoms with E-state index in [4.69, 9.17) is 14.2 Å². The number of hydrogen-bond donors (Lipinski definition) is 1. The first-order chi connectivity index (χ1) is 14.6. The van der Waals surface area contributed by atoms with Crippen LogP contribution in [0.4, 0.5) is 5.69 Å². The maximum Gasteiger partial charge on any atom is 0.228 e. The molecule has 0 unspecified atom stereocenters. The quantitative estimate of drug-likeness (QED) is 0.624. The third-order valence-electron chi connectivity index (χ3n) is 5.78. The van der Waals surface area contributed by atoms with Crippen LogP contribution in [-0.2, 0) is 10.2 Å².